The minimum Gasteiger partial charge on any atom is -0.497 e. The van der Waals surface area contributed by atoms with Gasteiger partial charge in [-0.15, -0.1) is 0 Å². The van der Waals surface area contributed by atoms with Gasteiger partial charge >= 0.3 is 0 Å². The lowest BCUT2D eigenvalue weighted by Crippen LogP contribution is -2.26. The molecule has 8 nitrogen and oxygen atoms in total. The van der Waals surface area contributed by atoms with Crippen LogP contribution in [-0.2, 0) is 16.1 Å². The molecule has 2 rings (SSSR count). The first-order valence-electron chi connectivity index (χ1n) is 7.49. The van der Waals surface area contributed by atoms with E-state index < -0.39 is 0 Å². The van der Waals surface area contributed by atoms with Crippen molar-refractivity contribution in [1.82, 2.24) is 9.78 Å². The van der Waals surface area contributed by atoms with Crippen molar-refractivity contribution >= 4 is 23.2 Å². The van der Waals surface area contributed by atoms with Crippen LogP contribution in [0.4, 0.5) is 11.4 Å². The molecule has 0 fully saturated rings. The van der Waals surface area contributed by atoms with Crippen LogP contribution in [0.2, 0.25) is 0 Å². The molecule has 1 unspecified atom stereocenters. The van der Waals surface area contributed by atoms with E-state index >= 15 is 0 Å². The summed E-state index contributed by atoms with van der Waals surface area (Å²) in [5.41, 5.74) is 6.64. The number of benzene rings is 1. The summed E-state index contributed by atoms with van der Waals surface area (Å²) in [6.07, 6.45) is 3.08. The molecule has 1 atom stereocenters. The van der Waals surface area contributed by atoms with Crippen molar-refractivity contribution in [2.75, 3.05) is 24.3 Å². The lowest BCUT2D eigenvalue weighted by Gasteiger charge is -2.08. The molecule has 1 heterocycles. The van der Waals surface area contributed by atoms with E-state index in [0.29, 0.717) is 17.1 Å². The average molecular weight is 331 g/mol. The van der Waals surface area contributed by atoms with E-state index in [-0.39, 0.29) is 30.8 Å². The Labute approximate surface area is 140 Å². The first kappa shape index (κ1) is 17.5. The summed E-state index contributed by atoms with van der Waals surface area (Å²) in [5.74, 6) is 0.0232. The molecular weight excluding hydrogens is 310 g/mol. The molecule has 0 aliphatic carbocycles. The van der Waals surface area contributed by atoms with E-state index in [1.165, 1.54) is 10.9 Å². The summed E-state index contributed by atoms with van der Waals surface area (Å²) in [6, 6.07) is 7.02. The highest BCUT2D eigenvalue weighted by Gasteiger charge is 2.12. The van der Waals surface area contributed by atoms with Gasteiger partial charge in [-0.1, -0.05) is 6.92 Å². The fourth-order valence-corrected chi connectivity index (χ4v) is 1.91. The van der Waals surface area contributed by atoms with E-state index in [4.69, 9.17) is 10.5 Å². The van der Waals surface area contributed by atoms with E-state index in [1.807, 2.05) is 0 Å². The highest BCUT2D eigenvalue weighted by atomic mass is 16.5. The smallest absolute Gasteiger partial charge is 0.246 e. The highest BCUT2D eigenvalue weighted by Crippen LogP contribution is 2.15. The van der Waals surface area contributed by atoms with Crippen molar-refractivity contribution in [3.05, 3.63) is 36.7 Å². The van der Waals surface area contributed by atoms with Crippen LogP contribution in [0.15, 0.2) is 36.7 Å². The van der Waals surface area contributed by atoms with Crippen molar-refractivity contribution in [3.63, 3.8) is 0 Å². The molecule has 0 aliphatic heterocycles. The minimum absolute atomic E-state index is 0.0361. The van der Waals surface area contributed by atoms with Gasteiger partial charge in [0.25, 0.3) is 0 Å². The zero-order valence-corrected chi connectivity index (χ0v) is 13.7. The summed E-state index contributed by atoms with van der Waals surface area (Å²) >= 11 is 0. The monoisotopic (exact) mass is 331 g/mol. The lowest BCUT2D eigenvalue weighted by atomic mass is 10.2. The number of aromatic nitrogens is 2. The van der Waals surface area contributed by atoms with Crippen LogP contribution in [-0.4, -0.2) is 35.2 Å². The fourth-order valence-electron chi connectivity index (χ4n) is 1.91. The molecule has 2 aromatic rings. The molecule has 24 heavy (non-hydrogen) atoms. The SMILES string of the molecule is COc1ccc(NC(=O)Cn2cc(NC(=O)C(C)CN)cn2)cc1. The number of ether oxygens (including phenoxy) is 1. The van der Waals surface area contributed by atoms with Crippen LogP contribution in [0.25, 0.3) is 0 Å². The number of amides is 2. The molecule has 1 aromatic carbocycles. The molecule has 2 amide bonds. The highest BCUT2D eigenvalue weighted by molar-refractivity contribution is 5.92. The van der Waals surface area contributed by atoms with Crippen LogP contribution in [0, 0.1) is 5.92 Å². The Morgan fingerprint density at radius 1 is 1.25 bits per heavy atom. The number of carbonyl (C=O) groups is 2. The Morgan fingerprint density at radius 2 is 1.96 bits per heavy atom. The third-order valence-electron chi connectivity index (χ3n) is 3.38. The van der Waals surface area contributed by atoms with Gasteiger partial charge in [-0.25, -0.2) is 0 Å². The van der Waals surface area contributed by atoms with E-state index in [2.05, 4.69) is 15.7 Å². The summed E-state index contributed by atoms with van der Waals surface area (Å²) < 4.78 is 6.51. The maximum Gasteiger partial charge on any atom is 0.246 e. The molecule has 0 aliphatic rings. The summed E-state index contributed by atoms with van der Waals surface area (Å²) in [7, 11) is 1.58. The number of anilines is 2. The number of nitrogens with zero attached hydrogens (tertiary/aromatic N) is 2. The second kappa shape index (κ2) is 8.11. The van der Waals surface area contributed by atoms with E-state index in [1.54, 1.807) is 44.5 Å². The Balaban J connectivity index is 1.89. The average Bonchev–Trinajstić information content (AvgIpc) is 3.01. The number of methoxy groups -OCH3 is 1. The summed E-state index contributed by atoms with van der Waals surface area (Å²) in [5, 5.41) is 9.51. The predicted molar refractivity (Wildman–Crippen MR) is 90.7 cm³/mol. The van der Waals surface area contributed by atoms with Gasteiger partial charge in [-0.05, 0) is 24.3 Å². The maximum atomic E-state index is 12.0. The number of nitrogens with one attached hydrogen (secondary N) is 2. The first-order chi connectivity index (χ1) is 11.5. The molecule has 0 spiro atoms. The summed E-state index contributed by atoms with van der Waals surface area (Å²) in [6.45, 7) is 2.04. The topological polar surface area (TPSA) is 111 Å². The van der Waals surface area contributed by atoms with Crippen molar-refractivity contribution in [3.8, 4) is 5.75 Å². The van der Waals surface area contributed by atoms with E-state index in [0.717, 1.165) is 0 Å². The number of hydrogen-bond donors (Lipinski definition) is 3. The lowest BCUT2D eigenvalue weighted by molar-refractivity contribution is -0.119. The third-order valence-corrected chi connectivity index (χ3v) is 3.38. The Bertz CT molecular complexity index is 696. The van der Waals surface area contributed by atoms with Gasteiger partial charge in [0, 0.05) is 24.3 Å². The van der Waals surface area contributed by atoms with Gasteiger partial charge in [0.1, 0.15) is 12.3 Å². The standard InChI is InChI=1S/C16H21N5O3/c1-11(7-17)16(23)20-13-8-18-21(9-13)10-15(22)19-12-3-5-14(24-2)6-4-12/h3-6,8-9,11H,7,10,17H2,1-2H3,(H,19,22)(H,20,23). The normalized spacial score (nSPS) is 11.6. The predicted octanol–water partition coefficient (Wildman–Crippen LogP) is 1.06. The van der Waals surface area contributed by atoms with Crippen molar-refractivity contribution < 1.29 is 14.3 Å². The zero-order chi connectivity index (χ0) is 17.5. The van der Waals surface area contributed by atoms with Crippen molar-refractivity contribution in [2.24, 2.45) is 11.7 Å². The molecule has 0 saturated heterocycles. The van der Waals surface area contributed by atoms with Crippen LogP contribution in [0.3, 0.4) is 0 Å². The number of carbonyl (C=O) groups excluding carboxylic acids is 2. The van der Waals surface area contributed by atoms with Gasteiger partial charge in [0.2, 0.25) is 11.8 Å². The maximum absolute atomic E-state index is 12.0. The van der Waals surface area contributed by atoms with E-state index in [9.17, 15) is 9.59 Å². The molecule has 0 saturated carbocycles. The fraction of sp³-hybridized carbons (Fsp3) is 0.312. The zero-order valence-electron chi connectivity index (χ0n) is 13.7. The van der Waals surface area contributed by atoms with Crippen LogP contribution in [0.5, 0.6) is 5.75 Å². The quantitative estimate of drug-likeness (QED) is 0.702. The molecule has 0 radical (unpaired) electrons. The molecular formula is C16H21N5O3. The van der Waals surface area contributed by atoms with Gasteiger partial charge in [-0.2, -0.15) is 5.10 Å². The van der Waals surface area contributed by atoms with Gasteiger partial charge in [0.05, 0.1) is 19.0 Å². The number of hydrogen-bond acceptors (Lipinski definition) is 5. The van der Waals surface area contributed by atoms with Crippen molar-refractivity contribution in [2.45, 2.75) is 13.5 Å². The number of rotatable bonds is 7. The van der Waals surface area contributed by atoms with Crippen LogP contribution >= 0.6 is 0 Å². The molecule has 1 aromatic heterocycles. The first-order valence-corrected chi connectivity index (χ1v) is 7.49. The van der Waals surface area contributed by atoms with Gasteiger partial charge in [-0.3, -0.25) is 14.3 Å². The molecule has 0 bridgehead atoms. The Morgan fingerprint density at radius 3 is 2.58 bits per heavy atom. The second-order valence-electron chi connectivity index (χ2n) is 5.33. The molecule has 4 N–H and O–H groups in total. The van der Waals surface area contributed by atoms with Crippen LogP contribution < -0.4 is 21.1 Å². The second-order valence-corrected chi connectivity index (χ2v) is 5.33. The summed E-state index contributed by atoms with van der Waals surface area (Å²) in [4.78, 5) is 23.8. The van der Waals surface area contributed by atoms with Crippen LogP contribution in [0.1, 0.15) is 6.92 Å². The van der Waals surface area contributed by atoms with Gasteiger partial charge in [0.15, 0.2) is 0 Å². The Hall–Kier alpha value is -2.87. The Kier molecular flexibility index (Phi) is 5.91. The van der Waals surface area contributed by atoms with Gasteiger partial charge < -0.3 is 21.1 Å². The number of nitrogens with two attached hydrogens (primary N) is 1. The molecule has 128 valence electrons. The third kappa shape index (κ3) is 4.82. The van der Waals surface area contributed by atoms with Crippen molar-refractivity contribution in [1.29, 1.82) is 0 Å². The minimum atomic E-state index is -0.285. The molecule has 8 heteroatoms. The largest absolute Gasteiger partial charge is 0.497 e.